The monoisotopic (exact) mass is 388 g/mol. The number of nitrogens with two attached hydrogens (primary N) is 1. The van der Waals surface area contributed by atoms with E-state index in [1.807, 2.05) is 45.0 Å². The molecule has 0 amide bonds. The number of benzene rings is 1. The lowest BCUT2D eigenvalue weighted by Crippen LogP contribution is -2.34. The third kappa shape index (κ3) is 4.47. The topological polar surface area (TPSA) is 90.9 Å². The van der Waals surface area contributed by atoms with Crippen LogP contribution >= 0.6 is 0 Å². The van der Waals surface area contributed by atoms with Gasteiger partial charge in [-0.15, -0.1) is 5.10 Å². The Bertz CT molecular complexity index is 1080. The highest BCUT2D eigenvalue weighted by molar-refractivity contribution is 5.54. The predicted octanol–water partition coefficient (Wildman–Crippen LogP) is 1.70. The first-order chi connectivity index (χ1) is 13.9. The Labute approximate surface area is 172 Å². The molecule has 0 radical (unpaired) electrons. The summed E-state index contributed by atoms with van der Waals surface area (Å²) in [7, 11) is 0. The van der Waals surface area contributed by atoms with Crippen molar-refractivity contribution in [2.75, 3.05) is 18.4 Å². The molecule has 150 valence electrons. The number of anilines is 1. The fraction of sp³-hybridized carbons (Fsp3) is 0.348. The van der Waals surface area contributed by atoms with Gasteiger partial charge in [0.25, 0.3) is 0 Å². The second-order valence-electron chi connectivity index (χ2n) is 7.44. The number of aromatic nitrogens is 2. The van der Waals surface area contributed by atoms with Gasteiger partial charge < -0.3 is 16.0 Å². The number of nitrogens with one attached hydrogen (secondary N) is 1. The molecule has 3 rings (SSSR count). The Morgan fingerprint density at radius 3 is 2.83 bits per heavy atom. The Kier molecular flexibility index (Phi) is 6.30. The molecule has 1 atom stereocenters. The number of hydrogen-bond donors (Lipinski definition) is 2. The standard InChI is InChI=1S/C23H28N6/c1-5-21-17(4)27-28-23(22(21)11-15(2)29-10-9-20(25)14-29)26-13-19-8-6-7-18(12-24)16(19)3/h5-8,11,20H,2,9-10,13-14,25H2,1,3-4H3,(H,26,28)/b21-5-,22-11+. The molecule has 0 bridgehead atoms. The van der Waals surface area contributed by atoms with Crippen molar-refractivity contribution in [2.45, 2.75) is 39.8 Å². The van der Waals surface area contributed by atoms with Crippen molar-refractivity contribution < 1.29 is 0 Å². The van der Waals surface area contributed by atoms with Crippen LogP contribution in [0.25, 0.3) is 12.2 Å². The van der Waals surface area contributed by atoms with Crippen LogP contribution in [0.5, 0.6) is 0 Å². The van der Waals surface area contributed by atoms with Crippen molar-refractivity contribution in [3.05, 3.63) is 63.3 Å². The van der Waals surface area contributed by atoms with Crippen LogP contribution < -0.4 is 21.5 Å². The molecule has 1 aromatic heterocycles. The van der Waals surface area contributed by atoms with Gasteiger partial charge in [0.05, 0.1) is 17.3 Å². The SMILES string of the molecule is C=C(/C=c1/c(NCc2cccc(C#N)c2C)nnc(C)/c1=C/C)N1CCC(N)C1. The Hall–Kier alpha value is -3.17. The van der Waals surface area contributed by atoms with Gasteiger partial charge in [-0.2, -0.15) is 10.4 Å². The maximum atomic E-state index is 9.27. The van der Waals surface area contributed by atoms with Gasteiger partial charge in [0, 0.05) is 41.8 Å². The van der Waals surface area contributed by atoms with Crippen LogP contribution in [0.3, 0.4) is 0 Å². The van der Waals surface area contributed by atoms with Crippen molar-refractivity contribution >= 4 is 18.0 Å². The molecule has 1 aliphatic heterocycles. The van der Waals surface area contributed by atoms with E-state index in [2.05, 4.69) is 39.1 Å². The highest BCUT2D eigenvalue weighted by atomic mass is 15.2. The molecule has 2 aromatic rings. The highest BCUT2D eigenvalue weighted by Crippen LogP contribution is 2.15. The Morgan fingerprint density at radius 1 is 1.38 bits per heavy atom. The van der Waals surface area contributed by atoms with Crippen molar-refractivity contribution in [3.8, 4) is 6.07 Å². The molecule has 29 heavy (non-hydrogen) atoms. The summed E-state index contributed by atoms with van der Waals surface area (Å²) in [5, 5.41) is 23.4. The normalized spacial score (nSPS) is 17.5. The van der Waals surface area contributed by atoms with Crippen molar-refractivity contribution in [3.63, 3.8) is 0 Å². The highest BCUT2D eigenvalue weighted by Gasteiger charge is 2.19. The predicted molar refractivity (Wildman–Crippen MR) is 117 cm³/mol. The van der Waals surface area contributed by atoms with E-state index >= 15 is 0 Å². The van der Waals surface area contributed by atoms with Crippen LogP contribution in [0.2, 0.25) is 0 Å². The van der Waals surface area contributed by atoms with Crippen LogP contribution in [0.15, 0.2) is 30.5 Å². The fourth-order valence-electron chi connectivity index (χ4n) is 3.68. The van der Waals surface area contributed by atoms with E-state index in [0.29, 0.717) is 17.9 Å². The summed E-state index contributed by atoms with van der Waals surface area (Å²) in [5.41, 5.74) is 10.6. The maximum absolute atomic E-state index is 9.27. The first-order valence-corrected chi connectivity index (χ1v) is 9.87. The zero-order valence-electron chi connectivity index (χ0n) is 17.4. The average molecular weight is 389 g/mol. The molecule has 0 spiro atoms. The third-order valence-corrected chi connectivity index (χ3v) is 5.48. The van der Waals surface area contributed by atoms with Crippen LogP contribution in [0, 0.1) is 25.2 Å². The molecule has 6 heteroatoms. The molecular weight excluding hydrogens is 360 g/mol. The van der Waals surface area contributed by atoms with E-state index in [1.54, 1.807) is 0 Å². The smallest absolute Gasteiger partial charge is 0.156 e. The number of rotatable bonds is 5. The van der Waals surface area contributed by atoms with E-state index < -0.39 is 0 Å². The van der Waals surface area contributed by atoms with Crippen LogP contribution in [0.4, 0.5) is 5.82 Å². The second-order valence-corrected chi connectivity index (χ2v) is 7.44. The van der Waals surface area contributed by atoms with Gasteiger partial charge in [-0.05, 0) is 50.5 Å². The van der Waals surface area contributed by atoms with Gasteiger partial charge in [0.15, 0.2) is 5.82 Å². The Morgan fingerprint density at radius 2 is 2.17 bits per heavy atom. The minimum Gasteiger partial charge on any atom is -0.370 e. The molecule has 3 N–H and O–H groups in total. The molecule has 1 unspecified atom stereocenters. The molecule has 1 saturated heterocycles. The van der Waals surface area contributed by atoms with Gasteiger partial charge in [-0.3, -0.25) is 0 Å². The van der Waals surface area contributed by atoms with Gasteiger partial charge in [-0.1, -0.05) is 24.8 Å². The quantitative estimate of drug-likeness (QED) is 0.810. The first-order valence-electron chi connectivity index (χ1n) is 9.87. The van der Waals surface area contributed by atoms with Crippen LogP contribution in [-0.2, 0) is 6.54 Å². The molecule has 6 nitrogen and oxygen atoms in total. The average Bonchev–Trinajstić information content (AvgIpc) is 3.15. The fourth-order valence-corrected chi connectivity index (χ4v) is 3.68. The van der Waals surface area contributed by atoms with Crippen molar-refractivity contribution in [2.24, 2.45) is 5.73 Å². The lowest BCUT2D eigenvalue weighted by Gasteiger charge is -2.18. The summed E-state index contributed by atoms with van der Waals surface area (Å²) < 4.78 is 0. The minimum absolute atomic E-state index is 0.197. The second kappa shape index (κ2) is 8.89. The number of allylic oxidation sites excluding steroid dienone is 1. The summed E-state index contributed by atoms with van der Waals surface area (Å²) in [6, 6.07) is 8.19. The Balaban J connectivity index is 1.97. The number of nitrogens with zero attached hydrogens (tertiary/aromatic N) is 4. The maximum Gasteiger partial charge on any atom is 0.156 e. The van der Waals surface area contributed by atoms with Crippen molar-refractivity contribution in [1.29, 1.82) is 5.26 Å². The summed E-state index contributed by atoms with van der Waals surface area (Å²) >= 11 is 0. The molecular formula is C23H28N6. The van der Waals surface area contributed by atoms with Crippen molar-refractivity contribution in [1.82, 2.24) is 15.1 Å². The first kappa shape index (κ1) is 20.6. The number of hydrogen-bond acceptors (Lipinski definition) is 6. The van der Waals surface area contributed by atoms with E-state index in [1.165, 1.54) is 0 Å². The lowest BCUT2D eigenvalue weighted by molar-refractivity contribution is 0.441. The van der Waals surface area contributed by atoms with E-state index in [-0.39, 0.29) is 6.04 Å². The summed E-state index contributed by atoms with van der Waals surface area (Å²) in [5.74, 6) is 0.704. The number of likely N-dealkylation sites (tertiary alicyclic amines) is 1. The van der Waals surface area contributed by atoms with Crippen LogP contribution in [0.1, 0.15) is 35.7 Å². The summed E-state index contributed by atoms with van der Waals surface area (Å²) in [4.78, 5) is 2.21. The van der Waals surface area contributed by atoms with Gasteiger partial charge in [0.2, 0.25) is 0 Å². The zero-order chi connectivity index (χ0) is 21.0. The largest absolute Gasteiger partial charge is 0.370 e. The number of nitriles is 1. The summed E-state index contributed by atoms with van der Waals surface area (Å²) in [6.07, 6.45) is 5.09. The minimum atomic E-state index is 0.197. The molecule has 1 aliphatic rings. The van der Waals surface area contributed by atoms with Gasteiger partial charge in [0.1, 0.15) is 0 Å². The molecule has 1 fully saturated rings. The lowest BCUT2D eigenvalue weighted by atomic mass is 10.0. The van der Waals surface area contributed by atoms with Crippen LogP contribution in [-0.4, -0.2) is 34.2 Å². The molecule has 2 heterocycles. The molecule has 0 saturated carbocycles. The molecule has 0 aliphatic carbocycles. The van der Waals surface area contributed by atoms with Gasteiger partial charge in [-0.25, -0.2) is 0 Å². The molecule has 1 aromatic carbocycles. The summed E-state index contributed by atoms with van der Waals surface area (Å²) in [6.45, 7) is 12.5. The van der Waals surface area contributed by atoms with E-state index in [0.717, 1.165) is 52.5 Å². The van der Waals surface area contributed by atoms with E-state index in [4.69, 9.17) is 5.73 Å². The number of aryl methyl sites for hydroxylation is 1. The zero-order valence-corrected chi connectivity index (χ0v) is 17.4. The van der Waals surface area contributed by atoms with E-state index in [9.17, 15) is 5.26 Å². The van der Waals surface area contributed by atoms with Gasteiger partial charge >= 0.3 is 0 Å². The third-order valence-electron chi connectivity index (χ3n) is 5.48.